The summed E-state index contributed by atoms with van der Waals surface area (Å²) in [6.07, 6.45) is 3.90. The van der Waals surface area contributed by atoms with Crippen molar-refractivity contribution in [3.63, 3.8) is 0 Å². The number of aromatic nitrogens is 2. The molecule has 3 aliphatic rings. The van der Waals surface area contributed by atoms with Crippen molar-refractivity contribution in [2.24, 2.45) is 5.16 Å². The first-order chi connectivity index (χ1) is 23.5. The van der Waals surface area contributed by atoms with Crippen LogP contribution >= 0.6 is 23.1 Å². The molecule has 16 nitrogen and oxygen atoms in total. The normalized spacial score (nSPS) is 19.9. The van der Waals surface area contributed by atoms with Gasteiger partial charge in [0, 0.05) is 47.1 Å². The molecule has 0 aliphatic carbocycles. The number of nitrogen functional groups attached to an aromatic ring is 1. The second kappa shape index (κ2) is 13.8. The van der Waals surface area contributed by atoms with Crippen molar-refractivity contribution >= 4 is 69.2 Å². The van der Waals surface area contributed by atoms with Crippen LogP contribution in [0.3, 0.4) is 0 Å². The Morgan fingerprint density at radius 2 is 1.96 bits per heavy atom. The molecule has 2 saturated heterocycles. The van der Waals surface area contributed by atoms with Gasteiger partial charge >= 0.3 is 5.97 Å². The second-order valence-electron chi connectivity index (χ2n) is 11.1. The number of nitrogens with zero attached hydrogens (tertiary/aromatic N) is 4. The third kappa shape index (κ3) is 6.81. The zero-order valence-corrected chi connectivity index (χ0v) is 27.1. The number of aromatic hydroxyl groups is 1. The van der Waals surface area contributed by atoms with Crippen LogP contribution in [-0.2, 0) is 36.9 Å². The molecule has 4 amide bonds. The summed E-state index contributed by atoms with van der Waals surface area (Å²) < 4.78 is 1.64. The molecule has 3 aromatic rings. The average Bonchev–Trinajstić information content (AvgIpc) is 3.70. The highest BCUT2D eigenvalue weighted by Crippen LogP contribution is 2.43. The molecule has 2 atom stereocenters. The summed E-state index contributed by atoms with van der Waals surface area (Å²) in [5.74, 6) is -3.43. The van der Waals surface area contributed by atoms with Crippen LogP contribution in [0.15, 0.2) is 81.7 Å². The third-order valence-electron chi connectivity index (χ3n) is 8.00. The molecule has 6 rings (SSSR count). The minimum Gasteiger partial charge on any atom is -0.508 e. The number of amides is 4. The van der Waals surface area contributed by atoms with Crippen LogP contribution in [0.5, 0.6) is 5.75 Å². The SMILES string of the molecule is Nc1nc(/C(=N/O)C(=O)N[C@@H]2C(=O)N3C(C(=O)O)=C(/C(Cc4cc[n+](CC(=O)Nc5cccc(O)c5)cc4)=C4\CCNC4=O)CS[C@H]23)cs1. The van der Waals surface area contributed by atoms with Crippen LogP contribution in [0.25, 0.3) is 0 Å². The molecular weight excluding hydrogens is 677 g/mol. The lowest BCUT2D eigenvalue weighted by Gasteiger charge is -2.49. The molecule has 0 spiro atoms. The number of β-lactam (4-membered cyclic amide) rings is 1. The van der Waals surface area contributed by atoms with E-state index in [1.807, 2.05) is 0 Å². The number of carbonyl (C=O) groups excluding carboxylic acids is 4. The third-order valence-corrected chi connectivity index (χ3v) is 9.95. The maximum atomic E-state index is 13.4. The first-order valence-corrected chi connectivity index (χ1v) is 16.7. The van der Waals surface area contributed by atoms with E-state index in [1.165, 1.54) is 29.3 Å². The number of pyridine rings is 1. The topological polar surface area (TPSA) is 241 Å². The molecule has 5 heterocycles. The van der Waals surface area contributed by atoms with Gasteiger partial charge in [0.1, 0.15) is 28.6 Å². The molecule has 1 aromatic carbocycles. The molecule has 2 fully saturated rings. The lowest BCUT2D eigenvalue weighted by Crippen LogP contribution is -2.71. The van der Waals surface area contributed by atoms with E-state index in [4.69, 9.17) is 5.73 Å². The number of anilines is 2. The fourth-order valence-electron chi connectivity index (χ4n) is 5.74. The molecule has 3 aliphatic heterocycles. The van der Waals surface area contributed by atoms with Gasteiger partial charge in [-0.1, -0.05) is 11.2 Å². The number of hydrogen-bond acceptors (Lipinski definition) is 12. The summed E-state index contributed by atoms with van der Waals surface area (Å²) >= 11 is 2.26. The van der Waals surface area contributed by atoms with Gasteiger partial charge in [0.15, 0.2) is 23.2 Å². The van der Waals surface area contributed by atoms with E-state index < -0.39 is 34.9 Å². The Morgan fingerprint density at radius 3 is 2.59 bits per heavy atom. The number of benzene rings is 1. The summed E-state index contributed by atoms with van der Waals surface area (Å²) in [5, 5.41) is 41.2. The first kappa shape index (κ1) is 33.2. The molecular formula is C31H29N8O8S2+. The highest BCUT2D eigenvalue weighted by Gasteiger charge is 2.55. The van der Waals surface area contributed by atoms with E-state index >= 15 is 0 Å². The van der Waals surface area contributed by atoms with Crippen molar-refractivity contribution in [1.82, 2.24) is 20.5 Å². The standard InChI is InChI=1S/C31H28N8O8S2/c32-31-35-21(14-49-31)23(37-47)27(43)36-24-28(44)39-25(30(45)46)20(13-48-29(24)39)19(18-4-7-33-26(18)42)10-15-5-8-38(9-6-15)12-22(41)34-16-2-1-3-17(40)11-16/h1-3,5-6,8-9,11,14,24,29H,4,7,10,12-13H2,(H7-,32,33,34,35,36,40,41,42,43,45,46,47)/p+1/b19-18+/t24-,29-/m1/s1. The van der Waals surface area contributed by atoms with Crippen LogP contribution < -0.4 is 26.3 Å². The molecule has 49 heavy (non-hydrogen) atoms. The summed E-state index contributed by atoms with van der Waals surface area (Å²) in [6, 6.07) is 8.58. The van der Waals surface area contributed by atoms with Crippen molar-refractivity contribution in [3.8, 4) is 5.75 Å². The Bertz CT molecular complexity index is 1970. The molecule has 0 saturated carbocycles. The number of thiazole rings is 1. The van der Waals surface area contributed by atoms with Crippen LogP contribution in [0.2, 0.25) is 0 Å². The van der Waals surface area contributed by atoms with Gasteiger partial charge in [-0.3, -0.25) is 24.1 Å². The zero-order valence-electron chi connectivity index (χ0n) is 25.5. The van der Waals surface area contributed by atoms with E-state index in [9.17, 15) is 39.4 Å². The predicted octanol–water partition coefficient (Wildman–Crippen LogP) is 0.333. The van der Waals surface area contributed by atoms with Crippen molar-refractivity contribution in [1.29, 1.82) is 0 Å². The van der Waals surface area contributed by atoms with Crippen LogP contribution in [0.1, 0.15) is 17.7 Å². The summed E-state index contributed by atoms with van der Waals surface area (Å²) in [5.41, 5.74) is 7.30. The Kier molecular flexibility index (Phi) is 9.32. The fraction of sp³-hybridized carbons (Fsp3) is 0.226. The summed E-state index contributed by atoms with van der Waals surface area (Å²) in [7, 11) is 0. The number of allylic oxidation sites excluding steroid dienone is 1. The minimum atomic E-state index is -1.37. The molecule has 18 heteroatoms. The van der Waals surface area contributed by atoms with Crippen molar-refractivity contribution in [3.05, 3.63) is 87.8 Å². The zero-order chi connectivity index (χ0) is 34.8. The Hall–Kier alpha value is -5.75. The average molecular weight is 706 g/mol. The predicted molar refractivity (Wildman–Crippen MR) is 176 cm³/mol. The van der Waals surface area contributed by atoms with Crippen molar-refractivity contribution in [2.45, 2.75) is 30.8 Å². The van der Waals surface area contributed by atoms with Gasteiger partial charge < -0.3 is 37.1 Å². The second-order valence-corrected chi connectivity index (χ2v) is 13.1. The molecule has 0 unspecified atom stereocenters. The van der Waals surface area contributed by atoms with Crippen molar-refractivity contribution < 1.29 is 44.0 Å². The number of carboxylic acids is 1. The number of carbonyl (C=O) groups is 5. The van der Waals surface area contributed by atoms with E-state index in [0.29, 0.717) is 35.4 Å². The van der Waals surface area contributed by atoms with Crippen molar-refractivity contribution in [2.75, 3.05) is 23.3 Å². The summed E-state index contributed by atoms with van der Waals surface area (Å²) in [6.45, 7) is 0.360. The van der Waals surface area contributed by atoms with Crippen LogP contribution in [0.4, 0.5) is 10.8 Å². The van der Waals surface area contributed by atoms with E-state index in [-0.39, 0.29) is 52.8 Å². The maximum Gasteiger partial charge on any atom is 0.352 e. The lowest BCUT2D eigenvalue weighted by molar-refractivity contribution is -0.684. The number of oxime groups is 1. The van der Waals surface area contributed by atoms with E-state index in [2.05, 4.69) is 26.1 Å². The van der Waals surface area contributed by atoms with E-state index in [1.54, 1.807) is 41.2 Å². The molecule has 0 bridgehead atoms. The summed E-state index contributed by atoms with van der Waals surface area (Å²) in [4.78, 5) is 69.5. The number of rotatable bonds is 10. The molecule has 0 radical (unpaired) electrons. The monoisotopic (exact) mass is 705 g/mol. The largest absolute Gasteiger partial charge is 0.508 e. The minimum absolute atomic E-state index is 0.0170. The Morgan fingerprint density at radius 1 is 1.18 bits per heavy atom. The van der Waals surface area contributed by atoms with Crippen LogP contribution in [0, 0.1) is 0 Å². The van der Waals surface area contributed by atoms with Gasteiger partial charge in [-0.2, -0.15) is 4.57 Å². The number of nitrogens with one attached hydrogen (secondary N) is 3. The first-order valence-electron chi connectivity index (χ1n) is 14.8. The number of phenols is 1. The molecule has 2 aromatic heterocycles. The Balaban J connectivity index is 1.22. The van der Waals surface area contributed by atoms with Gasteiger partial charge in [0.05, 0.1) is 0 Å². The molecule has 252 valence electrons. The quantitative estimate of drug-likeness (QED) is 0.0379. The van der Waals surface area contributed by atoms with Gasteiger partial charge in [-0.05, 0) is 41.7 Å². The number of thioether (sulfide) groups is 1. The lowest BCUT2D eigenvalue weighted by atomic mass is 9.90. The smallest absolute Gasteiger partial charge is 0.352 e. The van der Waals surface area contributed by atoms with Gasteiger partial charge in [0.2, 0.25) is 12.5 Å². The number of nitrogens with two attached hydrogens (primary N) is 1. The highest BCUT2D eigenvalue weighted by molar-refractivity contribution is 8.00. The number of fused-ring (bicyclic) bond motifs is 1. The number of phenolic OH excluding ortho intramolecular Hbond substituents is 1. The number of carboxylic acid groups (broad SMARTS) is 1. The fourth-order valence-corrected chi connectivity index (χ4v) is 7.67. The van der Waals surface area contributed by atoms with Gasteiger partial charge in [0.25, 0.3) is 17.7 Å². The van der Waals surface area contributed by atoms with Gasteiger partial charge in [-0.15, -0.1) is 23.1 Å². The van der Waals surface area contributed by atoms with E-state index in [0.717, 1.165) is 21.8 Å². The van der Waals surface area contributed by atoms with Crippen LogP contribution in [-0.4, -0.2) is 84.3 Å². The van der Waals surface area contributed by atoms with Gasteiger partial charge in [-0.25, -0.2) is 9.78 Å². The Labute approximate surface area is 286 Å². The highest BCUT2D eigenvalue weighted by atomic mass is 32.2. The maximum absolute atomic E-state index is 13.4. The number of hydrogen-bond donors (Lipinski definition) is 7. The number of aliphatic carboxylic acids is 1. The molecule has 8 N–H and O–H groups in total.